The molecular formula is C53H44N16O14. The maximum atomic E-state index is 13.9. The van der Waals surface area contributed by atoms with E-state index >= 15 is 0 Å². The zero-order chi connectivity index (χ0) is 59.5. The van der Waals surface area contributed by atoms with Crippen LogP contribution < -0.4 is 16.0 Å². The molecule has 0 aliphatic heterocycles. The Bertz CT molecular complexity index is 3920. The predicted octanol–water partition coefficient (Wildman–Crippen LogP) is 4.94. The molecular weight excluding hydrogens is 1080 g/mol. The number of aromatic nitrogens is 11. The molecule has 420 valence electrons. The Balaban J connectivity index is 0.00000445. The van der Waals surface area contributed by atoms with Crippen LogP contribution in [0.4, 0.5) is 5.69 Å². The highest BCUT2D eigenvalue weighted by Crippen LogP contribution is 2.29. The molecule has 0 unspecified atom stereocenters. The maximum absolute atomic E-state index is 13.9. The molecule has 2 amide bonds. The summed E-state index contributed by atoms with van der Waals surface area (Å²) in [7, 11) is 1.00. The maximum Gasteiger partial charge on any atom is 0.339 e. The molecule has 0 atom stereocenters. The average Bonchev–Trinajstić information content (AvgIpc) is 4.39. The van der Waals surface area contributed by atoms with E-state index in [1.54, 1.807) is 0 Å². The van der Waals surface area contributed by atoms with Crippen LogP contribution in [-0.4, -0.2) is 152 Å². The molecule has 9 rings (SSSR count). The van der Waals surface area contributed by atoms with E-state index in [0.717, 1.165) is 13.2 Å². The summed E-state index contributed by atoms with van der Waals surface area (Å²) in [6.07, 6.45) is 6.77. The average molecular weight is 1130 g/mol. The summed E-state index contributed by atoms with van der Waals surface area (Å²) in [5, 5.41) is 113. The summed E-state index contributed by atoms with van der Waals surface area (Å²) < 4.78 is 3.81. The highest BCUT2D eigenvalue weighted by molar-refractivity contribution is 5.97. The minimum absolute atomic E-state index is 0.00792. The second kappa shape index (κ2) is 25.1. The molecule has 0 aliphatic rings. The first-order valence-electron chi connectivity index (χ1n) is 24.1. The first-order valence-corrected chi connectivity index (χ1v) is 24.1. The van der Waals surface area contributed by atoms with Gasteiger partial charge in [0.2, 0.25) is 0 Å². The molecule has 12 N–H and O–H groups in total. The molecule has 0 spiro atoms. The van der Waals surface area contributed by atoms with Gasteiger partial charge in [-0.1, -0.05) is 15.6 Å². The number of nitrogens with zero attached hydrogens (tertiary/aromatic N) is 12. The number of unbranched alkanes of at least 4 members (excludes halogenated alkanes) is 1. The summed E-state index contributed by atoms with van der Waals surface area (Å²) in [5.41, 5.74) is 8.96. The Hall–Kier alpha value is -12.1. The van der Waals surface area contributed by atoms with Gasteiger partial charge in [0.1, 0.15) is 62.5 Å². The SMILES string of the molecule is CO.N=N/C(=C\Nc1ccc(C(=O)O)c(O)c1)c1cc(C(=O)NCCCCNC(=O)c2cc(-c3cn(-c4ccc(C(=O)O)c(O)c4)nn3)nc(-c3cn(-c4ccc(C(=O)O)c(O)c4)nn3)c2)cc(-c2cn(-c3ccc(C=O)c(O)c3)nn2)n1. The van der Waals surface area contributed by atoms with Gasteiger partial charge in [-0.3, -0.25) is 14.4 Å². The number of anilines is 1. The number of aldehydes is 1. The highest BCUT2D eigenvalue weighted by atomic mass is 16.4. The number of phenols is 4. The number of benzene rings is 4. The predicted molar refractivity (Wildman–Crippen MR) is 288 cm³/mol. The number of hydrogen-bond donors (Lipinski definition) is 12. The second-order valence-electron chi connectivity index (χ2n) is 17.3. The van der Waals surface area contributed by atoms with E-state index in [1.165, 1.54) is 130 Å². The molecule has 30 heteroatoms. The fraction of sp³-hybridized carbons (Fsp3) is 0.0943. The van der Waals surface area contributed by atoms with Gasteiger partial charge in [0.15, 0.2) is 6.29 Å². The zero-order valence-corrected chi connectivity index (χ0v) is 42.8. The summed E-state index contributed by atoms with van der Waals surface area (Å²) >= 11 is 0. The summed E-state index contributed by atoms with van der Waals surface area (Å²) in [6, 6.07) is 21.1. The van der Waals surface area contributed by atoms with Crippen LogP contribution in [0.25, 0.3) is 56.9 Å². The normalized spacial score (nSPS) is 11.0. The van der Waals surface area contributed by atoms with Crippen molar-refractivity contribution in [1.29, 1.82) is 5.53 Å². The van der Waals surface area contributed by atoms with Gasteiger partial charge in [-0.25, -0.2) is 43.9 Å². The molecule has 0 fully saturated rings. The van der Waals surface area contributed by atoms with Gasteiger partial charge >= 0.3 is 17.9 Å². The van der Waals surface area contributed by atoms with E-state index in [4.69, 9.17) is 10.6 Å². The lowest BCUT2D eigenvalue weighted by Gasteiger charge is -2.10. The van der Waals surface area contributed by atoms with Gasteiger partial charge in [-0.05, 0) is 85.6 Å². The van der Waals surface area contributed by atoms with Crippen molar-refractivity contribution in [3.05, 3.63) is 161 Å². The molecule has 0 saturated heterocycles. The van der Waals surface area contributed by atoms with Gasteiger partial charge in [-0.2, -0.15) is 5.11 Å². The summed E-state index contributed by atoms with van der Waals surface area (Å²) in [5.74, 6) is -7.01. The molecule has 30 nitrogen and oxygen atoms in total. The van der Waals surface area contributed by atoms with Gasteiger partial charge < -0.3 is 56.8 Å². The third kappa shape index (κ3) is 13.1. The van der Waals surface area contributed by atoms with Gasteiger partial charge in [0, 0.05) is 67.5 Å². The minimum Gasteiger partial charge on any atom is -0.507 e. The molecule has 0 aliphatic carbocycles. The van der Waals surface area contributed by atoms with Gasteiger partial charge in [0.05, 0.1) is 64.0 Å². The number of aliphatic hydroxyl groups excluding tert-OH is 1. The Labute approximate surface area is 465 Å². The van der Waals surface area contributed by atoms with Crippen molar-refractivity contribution in [2.45, 2.75) is 12.8 Å². The van der Waals surface area contributed by atoms with E-state index in [2.05, 4.69) is 62.0 Å². The van der Waals surface area contributed by atoms with Crippen LogP contribution in [-0.2, 0) is 0 Å². The molecule has 0 radical (unpaired) electrons. The van der Waals surface area contributed by atoms with Gasteiger partial charge in [-0.15, -0.1) is 15.3 Å². The number of pyridine rings is 2. The lowest BCUT2D eigenvalue weighted by molar-refractivity contribution is 0.0682. The summed E-state index contributed by atoms with van der Waals surface area (Å²) in [6.45, 7) is 0.237. The van der Waals surface area contributed by atoms with Crippen molar-refractivity contribution in [2.24, 2.45) is 5.11 Å². The quantitative estimate of drug-likeness (QED) is 0.0257. The van der Waals surface area contributed by atoms with Crippen molar-refractivity contribution < 1.29 is 69.6 Å². The highest BCUT2D eigenvalue weighted by Gasteiger charge is 2.21. The number of aromatic hydroxyl groups is 4. The number of amides is 2. The van der Waals surface area contributed by atoms with E-state index < -0.39 is 47.0 Å². The molecule has 83 heavy (non-hydrogen) atoms. The first-order chi connectivity index (χ1) is 40.0. The Morgan fingerprint density at radius 3 is 1.35 bits per heavy atom. The van der Waals surface area contributed by atoms with E-state index in [-0.39, 0.29) is 115 Å². The molecule has 0 bridgehead atoms. The first kappa shape index (κ1) is 57.1. The molecule has 0 saturated carbocycles. The van der Waals surface area contributed by atoms with Crippen LogP contribution in [0.1, 0.15) is 80.7 Å². The number of carboxylic acids is 3. The lowest BCUT2D eigenvalue weighted by atomic mass is 10.1. The number of rotatable bonds is 21. The van der Waals surface area contributed by atoms with Crippen molar-refractivity contribution in [2.75, 3.05) is 25.5 Å². The van der Waals surface area contributed by atoms with Crippen LogP contribution in [0.2, 0.25) is 0 Å². The van der Waals surface area contributed by atoms with E-state index in [9.17, 15) is 64.5 Å². The van der Waals surface area contributed by atoms with Crippen molar-refractivity contribution >= 4 is 47.4 Å². The number of hydrogen-bond acceptors (Lipinski definition) is 22. The van der Waals surface area contributed by atoms with Crippen LogP contribution in [0.15, 0.2) is 127 Å². The van der Waals surface area contributed by atoms with E-state index in [1.807, 2.05) is 0 Å². The molecule has 5 aromatic heterocycles. The Morgan fingerprint density at radius 2 is 0.940 bits per heavy atom. The monoisotopic (exact) mass is 1130 g/mol. The van der Waals surface area contributed by atoms with Crippen LogP contribution in [0.5, 0.6) is 23.0 Å². The zero-order valence-electron chi connectivity index (χ0n) is 42.8. The number of carboxylic acid groups (broad SMARTS) is 3. The van der Waals surface area contributed by atoms with Crippen molar-refractivity contribution in [3.63, 3.8) is 0 Å². The van der Waals surface area contributed by atoms with Crippen LogP contribution in [0, 0.1) is 5.53 Å². The van der Waals surface area contributed by atoms with Crippen molar-refractivity contribution in [3.8, 4) is 74.2 Å². The lowest BCUT2D eigenvalue weighted by Crippen LogP contribution is -2.27. The summed E-state index contributed by atoms with van der Waals surface area (Å²) in [4.78, 5) is 82.6. The smallest absolute Gasteiger partial charge is 0.339 e. The Kier molecular flexibility index (Phi) is 17.3. The standard InChI is InChI=1S/C52H40N16O13.CH4O/c53-59-40(21-56-29-4-8-33(50(76)77)45(71)17-29)36-13-27(14-37(57-36)41-22-66(63-60-41)30-5-3-26(25-69)44(70)18-30)48(74)54-11-1-2-12-55-49(75)28-15-38(42-23-67(64-61-42)31-6-9-34(51(78)79)46(72)19-31)58-39(16-28)43-24-68(65-62-43)32-7-10-35(52(80)81)47(73)20-32;1-2/h3-10,13-25,53,56,70-73H,1-2,11-12H2,(H,54,74)(H,55,75)(H,76,77)(H,78,79)(H,80,81);2H,1H3/b40-21-,59-53?;. The number of aliphatic hydroxyl groups is 1. The molecule has 9 aromatic rings. The second-order valence-corrected chi connectivity index (χ2v) is 17.3. The van der Waals surface area contributed by atoms with Crippen LogP contribution >= 0.6 is 0 Å². The van der Waals surface area contributed by atoms with Crippen LogP contribution in [0.3, 0.4) is 0 Å². The minimum atomic E-state index is -1.35. The molecule has 5 heterocycles. The third-order valence-corrected chi connectivity index (χ3v) is 12.0. The molecule has 4 aromatic carbocycles. The van der Waals surface area contributed by atoms with Gasteiger partial charge in [0.25, 0.3) is 11.8 Å². The number of carbonyl (C=O) groups excluding carboxylic acids is 3. The fourth-order valence-electron chi connectivity index (χ4n) is 7.81. The number of aromatic carboxylic acids is 3. The number of carbonyl (C=O) groups is 6. The largest absolute Gasteiger partial charge is 0.507 e. The van der Waals surface area contributed by atoms with Crippen molar-refractivity contribution in [1.82, 2.24) is 65.6 Å². The third-order valence-electron chi connectivity index (χ3n) is 12.0. The number of phenolic OH excluding ortho intramolecular Hbond substituents is 1. The number of nitrogens with one attached hydrogen (secondary N) is 4. The fourth-order valence-corrected chi connectivity index (χ4v) is 7.81. The Morgan fingerprint density at radius 1 is 0.530 bits per heavy atom. The topological polar surface area (TPSA) is 454 Å². The van der Waals surface area contributed by atoms with E-state index in [0.29, 0.717) is 24.8 Å².